The Morgan fingerprint density at radius 3 is 2.66 bits per heavy atom. The first-order valence-electron chi connectivity index (χ1n) is 8.79. The lowest BCUT2D eigenvalue weighted by Crippen LogP contribution is -2.26. The van der Waals surface area contributed by atoms with Crippen LogP contribution >= 0.6 is 11.5 Å². The van der Waals surface area contributed by atoms with Crippen molar-refractivity contribution in [3.8, 4) is 16.7 Å². The largest absolute Gasteiger partial charge is 0.493 e. The third kappa shape index (κ3) is 5.72. The van der Waals surface area contributed by atoms with Gasteiger partial charge in [0.05, 0.1) is 13.7 Å². The standard InChI is InChI=1S/C20H20FN3O4S/c1-26-10-9-22-19(25)14-5-8-16(17(12-14)27-2)28-20-23-18(24-29-20)11-13-3-6-15(21)7-4-13/h3-8,12H,9-11H2,1-2H3,(H,22,25). The van der Waals surface area contributed by atoms with Crippen molar-refractivity contribution in [3.05, 3.63) is 65.2 Å². The maximum Gasteiger partial charge on any atom is 0.298 e. The van der Waals surface area contributed by atoms with E-state index >= 15 is 0 Å². The predicted molar refractivity (Wildman–Crippen MR) is 106 cm³/mol. The minimum absolute atomic E-state index is 0.232. The molecule has 0 spiro atoms. The number of hydrogen-bond acceptors (Lipinski definition) is 7. The van der Waals surface area contributed by atoms with E-state index in [0.29, 0.717) is 47.7 Å². The van der Waals surface area contributed by atoms with E-state index in [4.69, 9.17) is 14.2 Å². The van der Waals surface area contributed by atoms with Gasteiger partial charge in [-0.15, -0.1) is 0 Å². The lowest BCUT2D eigenvalue weighted by Gasteiger charge is -2.10. The second-order valence-corrected chi connectivity index (χ2v) is 6.71. The number of benzene rings is 2. The Hall–Kier alpha value is -3.04. The predicted octanol–water partition coefficient (Wildman–Crippen LogP) is 3.45. The van der Waals surface area contributed by atoms with Gasteiger partial charge in [-0.1, -0.05) is 12.1 Å². The molecule has 9 heteroatoms. The Morgan fingerprint density at radius 1 is 1.14 bits per heavy atom. The normalized spacial score (nSPS) is 10.6. The Morgan fingerprint density at radius 2 is 1.93 bits per heavy atom. The molecule has 0 atom stereocenters. The van der Waals surface area contributed by atoms with Crippen LogP contribution in [0.1, 0.15) is 21.7 Å². The van der Waals surface area contributed by atoms with E-state index in [1.807, 2.05) is 0 Å². The number of carbonyl (C=O) groups excluding carboxylic acids is 1. The number of methoxy groups -OCH3 is 2. The monoisotopic (exact) mass is 417 g/mol. The molecule has 3 aromatic rings. The first-order chi connectivity index (χ1) is 14.1. The van der Waals surface area contributed by atoms with Gasteiger partial charge in [0.2, 0.25) is 0 Å². The summed E-state index contributed by atoms with van der Waals surface area (Å²) in [6, 6.07) is 11.1. The zero-order valence-corrected chi connectivity index (χ0v) is 16.8. The Balaban J connectivity index is 1.67. The molecule has 0 aliphatic heterocycles. The molecule has 0 aliphatic carbocycles. The zero-order valence-electron chi connectivity index (χ0n) is 16.0. The van der Waals surface area contributed by atoms with Gasteiger partial charge in [0.25, 0.3) is 11.1 Å². The third-order valence-electron chi connectivity index (χ3n) is 3.94. The van der Waals surface area contributed by atoms with E-state index in [1.54, 1.807) is 37.4 Å². The van der Waals surface area contributed by atoms with Gasteiger partial charge < -0.3 is 19.5 Å². The highest BCUT2D eigenvalue weighted by atomic mass is 32.1. The summed E-state index contributed by atoms with van der Waals surface area (Å²) in [5, 5.41) is 3.09. The molecule has 0 aliphatic rings. The summed E-state index contributed by atoms with van der Waals surface area (Å²) < 4.78 is 33.3. The molecule has 1 heterocycles. The van der Waals surface area contributed by atoms with Crippen LogP contribution in [0.4, 0.5) is 4.39 Å². The van der Waals surface area contributed by atoms with Crippen LogP contribution in [0.5, 0.6) is 16.7 Å². The molecule has 0 bridgehead atoms. The van der Waals surface area contributed by atoms with Crippen molar-refractivity contribution in [3.63, 3.8) is 0 Å². The number of rotatable bonds is 9. The van der Waals surface area contributed by atoms with Crippen molar-refractivity contribution < 1.29 is 23.4 Å². The van der Waals surface area contributed by atoms with Gasteiger partial charge in [-0.25, -0.2) is 4.39 Å². The van der Waals surface area contributed by atoms with Crippen LogP contribution in [0.15, 0.2) is 42.5 Å². The van der Waals surface area contributed by atoms with Gasteiger partial charge in [0.1, 0.15) is 5.82 Å². The van der Waals surface area contributed by atoms with Crippen LogP contribution in [0.2, 0.25) is 0 Å². The fourth-order valence-corrected chi connectivity index (χ4v) is 3.05. The molecule has 2 aromatic carbocycles. The molecule has 0 radical (unpaired) electrons. The highest BCUT2D eigenvalue weighted by Crippen LogP contribution is 2.33. The van der Waals surface area contributed by atoms with Gasteiger partial charge in [-0.05, 0) is 35.9 Å². The molecular formula is C20H20FN3O4S. The highest BCUT2D eigenvalue weighted by molar-refractivity contribution is 7.07. The molecule has 1 N–H and O–H groups in total. The number of halogens is 1. The number of nitrogens with zero attached hydrogens (tertiary/aromatic N) is 2. The number of amides is 1. The van der Waals surface area contributed by atoms with Gasteiger partial charge in [-0.3, -0.25) is 4.79 Å². The number of carbonyl (C=O) groups is 1. The van der Waals surface area contributed by atoms with Crippen molar-refractivity contribution in [2.75, 3.05) is 27.4 Å². The number of nitrogens with one attached hydrogen (secondary N) is 1. The molecule has 152 valence electrons. The topological polar surface area (TPSA) is 82.6 Å². The van der Waals surface area contributed by atoms with Crippen LogP contribution in [0, 0.1) is 5.82 Å². The number of ether oxygens (including phenoxy) is 3. The first-order valence-corrected chi connectivity index (χ1v) is 9.56. The minimum Gasteiger partial charge on any atom is -0.493 e. The Bertz CT molecular complexity index is 963. The SMILES string of the molecule is COCCNC(=O)c1ccc(Oc2nc(Cc3ccc(F)cc3)ns2)c(OC)c1. The fraction of sp³-hybridized carbons (Fsp3) is 0.250. The molecule has 1 amide bonds. The average Bonchev–Trinajstić information content (AvgIpc) is 3.17. The highest BCUT2D eigenvalue weighted by Gasteiger charge is 2.14. The van der Waals surface area contributed by atoms with Crippen molar-refractivity contribution >= 4 is 17.4 Å². The van der Waals surface area contributed by atoms with Crippen LogP contribution in [-0.2, 0) is 11.2 Å². The van der Waals surface area contributed by atoms with Crippen molar-refractivity contribution in [2.24, 2.45) is 0 Å². The average molecular weight is 417 g/mol. The van der Waals surface area contributed by atoms with Crippen LogP contribution in [0.3, 0.4) is 0 Å². The smallest absolute Gasteiger partial charge is 0.298 e. The molecular weight excluding hydrogens is 397 g/mol. The van der Waals surface area contributed by atoms with E-state index in [0.717, 1.165) is 17.1 Å². The maximum atomic E-state index is 13.0. The van der Waals surface area contributed by atoms with E-state index in [-0.39, 0.29) is 11.7 Å². The Kier molecular flexibility index (Phi) is 7.09. The molecule has 1 aromatic heterocycles. The fourth-order valence-electron chi connectivity index (χ4n) is 2.49. The summed E-state index contributed by atoms with van der Waals surface area (Å²) in [4.78, 5) is 16.5. The summed E-state index contributed by atoms with van der Waals surface area (Å²) >= 11 is 1.10. The molecule has 0 fully saturated rings. The summed E-state index contributed by atoms with van der Waals surface area (Å²) in [7, 11) is 3.06. The zero-order chi connectivity index (χ0) is 20.6. The van der Waals surface area contributed by atoms with E-state index < -0.39 is 0 Å². The van der Waals surface area contributed by atoms with Crippen LogP contribution < -0.4 is 14.8 Å². The number of hydrogen-bond donors (Lipinski definition) is 1. The van der Waals surface area contributed by atoms with Crippen LogP contribution in [0.25, 0.3) is 0 Å². The minimum atomic E-state index is -0.285. The molecule has 0 saturated heterocycles. The van der Waals surface area contributed by atoms with E-state index in [9.17, 15) is 9.18 Å². The lowest BCUT2D eigenvalue weighted by atomic mass is 10.1. The van der Waals surface area contributed by atoms with Gasteiger partial charge in [0, 0.05) is 37.2 Å². The molecule has 0 unspecified atom stereocenters. The summed E-state index contributed by atoms with van der Waals surface area (Å²) in [6.45, 7) is 0.846. The van der Waals surface area contributed by atoms with Gasteiger partial charge in [-0.2, -0.15) is 9.36 Å². The van der Waals surface area contributed by atoms with E-state index in [2.05, 4.69) is 14.7 Å². The summed E-state index contributed by atoms with van der Waals surface area (Å²) in [5.41, 5.74) is 1.34. The van der Waals surface area contributed by atoms with Crippen molar-refractivity contribution in [1.29, 1.82) is 0 Å². The molecule has 0 saturated carbocycles. The van der Waals surface area contributed by atoms with Crippen LogP contribution in [-0.4, -0.2) is 42.6 Å². The molecule has 3 rings (SSSR count). The summed E-state index contributed by atoms with van der Waals surface area (Å²) in [6.07, 6.45) is 0.470. The number of aromatic nitrogens is 2. The molecule has 29 heavy (non-hydrogen) atoms. The van der Waals surface area contributed by atoms with Gasteiger partial charge >= 0.3 is 0 Å². The van der Waals surface area contributed by atoms with E-state index in [1.165, 1.54) is 19.2 Å². The van der Waals surface area contributed by atoms with Crippen molar-refractivity contribution in [2.45, 2.75) is 6.42 Å². The lowest BCUT2D eigenvalue weighted by molar-refractivity contribution is 0.0936. The first kappa shape index (κ1) is 20.7. The Labute approximate surface area is 171 Å². The second-order valence-electron chi connectivity index (χ2n) is 6.00. The quantitative estimate of drug-likeness (QED) is 0.537. The third-order valence-corrected chi connectivity index (χ3v) is 4.57. The molecule has 7 nitrogen and oxygen atoms in total. The van der Waals surface area contributed by atoms with Gasteiger partial charge in [0.15, 0.2) is 17.3 Å². The van der Waals surface area contributed by atoms with Crippen molar-refractivity contribution in [1.82, 2.24) is 14.7 Å². The second kappa shape index (κ2) is 9.94. The maximum absolute atomic E-state index is 13.0. The summed E-state index contributed by atoms with van der Waals surface area (Å²) in [5.74, 6) is 0.881.